The monoisotopic (exact) mass is 443 g/mol. The lowest BCUT2D eigenvalue weighted by molar-refractivity contribution is -0.115. The van der Waals surface area contributed by atoms with E-state index in [2.05, 4.69) is 16.0 Å². The highest BCUT2D eigenvalue weighted by atomic mass is 35.5. The average Bonchev–Trinajstić information content (AvgIpc) is 2.71. The first kappa shape index (κ1) is 22.8. The summed E-state index contributed by atoms with van der Waals surface area (Å²) in [6.07, 6.45) is 1.52. The highest BCUT2D eigenvalue weighted by Gasteiger charge is 2.35. The van der Waals surface area contributed by atoms with E-state index in [0.29, 0.717) is 41.7 Å². The molecule has 3 N–H and O–H groups in total. The van der Waals surface area contributed by atoms with Crippen molar-refractivity contribution in [1.29, 1.82) is 0 Å². The lowest BCUT2D eigenvalue weighted by Gasteiger charge is -2.38. The summed E-state index contributed by atoms with van der Waals surface area (Å²) in [5, 5.41) is 8.99. The number of halogens is 1. The molecule has 1 fully saturated rings. The van der Waals surface area contributed by atoms with Gasteiger partial charge in [0.2, 0.25) is 11.8 Å². The van der Waals surface area contributed by atoms with Gasteiger partial charge in [0, 0.05) is 61.0 Å². The summed E-state index contributed by atoms with van der Waals surface area (Å²) >= 11 is 6.21. The van der Waals surface area contributed by atoms with Crippen LogP contribution in [0.5, 0.6) is 0 Å². The van der Waals surface area contributed by atoms with E-state index in [9.17, 15) is 14.4 Å². The van der Waals surface area contributed by atoms with Crippen LogP contribution in [0.4, 0.5) is 11.4 Å². The fourth-order valence-electron chi connectivity index (χ4n) is 3.81. The summed E-state index contributed by atoms with van der Waals surface area (Å²) in [6, 6.07) is 12.5. The lowest BCUT2D eigenvalue weighted by Crippen LogP contribution is -2.44. The fourth-order valence-corrected chi connectivity index (χ4v) is 4.00. The number of rotatable bonds is 6. The van der Waals surface area contributed by atoms with E-state index >= 15 is 0 Å². The first-order valence-electron chi connectivity index (χ1n) is 10.1. The van der Waals surface area contributed by atoms with Crippen LogP contribution in [0.2, 0.25) is 5.02 Å². The van der Waals surface area contributed by atoms with Crippen LogP contribution in [-0.4, -0.2) is 37.5 Å². The molecule has 0 unspecified atom stereocenters. The molecule has 1 aliphatic heterocycles. The molecule has 1 heterocycles. The number of benzene rings is 2. The van der Waals surface area contributed by atoms with Gasteiger partial charge in [-0.05, 0) is 48.7 Å². The van der Waals surface area contributed by atoms with Crippen LogP contribution in [0.15, 0.2) is 42.5 Å². The van der Waals surface area contributed by atoms with Crippen LogP contribution in [0.1, 0.15) is 42.6 Å². The molecule has 2 aromatic carbocycles. The summed E-state index contributed by atoms with van der Waals surface area (Å²) in [6.45, 7) is 4.38. The molecule has 0 radical (unpaired) electrons. The molecule has 0 bridgehead atoms. The third-order valence-electron chi connectivity index (χ3n) is 5.31. The maximum Gasteiger partial charge on any atom is 0.251 e. The van der Waals surface area contributed by atoms with E-state index in [1.165, 1.54) is 13.8 Å². The van der Waals surface area contributed by atoms with Gasteiger partial charge in [-0.2, -0.15) is 0 Å². The van der Waals surface area contributed by atoms with Gasteiger partial charge in [0.25, 0.3) is 5.91 Å². The average molecular weight is 444 g/mol. The summed E-state index contributed by atoms with van der Waals surface area (Å²) in [4.78, 5) is 35.9. The second-order valence-corrected chi connectivity index (χ2v) is 8.18. The summed E-state index contributed by atoms with van der Waals surface area (Å²) in [5.74, 6) is -0.839. The zero-order chi connectivity index (χ0) is 22.4. The molecule has 164 valence electrons. The van der Waals surface area contributed by atoms with Crippen molar-refractivity contribution in [1.82, 2.24) is 5.32 Å². The maximum absolute atomic E-state index is 13.0. The minimum atomic E-state index is -0.299. The van der Waals surface area contributed by atoms with Gasteiger partial charge in [-0.1, -0.05) is 23.7 Å². The summed E-state index contributed by atoms with van der Waals surface area (Å²) in [5.41, 5.74) is 1.98. The highest BCUT2D eigenvalue weighted by Crippen LogP contribution is 2.35. The maximum atomic E-state index is 13.0. The third-order valence-corrected chi connectivity index (χ3v) is 5.55. The van der Waals surface area contributed by atoms with Gasteiger partial charge >= 0.3 is 0 Å². The second kappa shape index (κ2) is 9.94. The van der Waals surface area contributed by atoms with Gasteiger partial charge in [-0.15, -0.1) is 0 Å². The van der Waals surface area contributed by atoms with E-state index < -0.39 is 0 Å². The second-order valence-electron chi connectivity index (χ2n) is 7.75. The van der Waals surface area contributed by atoms with Crippen LogP contribution in [0, 0.1) is 0 Å². The largest absolute Gasteiger partial charge is 0.381 e. The molecule has 1 saturated heterocycles. The number of hydrogen-bond acceptors (Lipinski definition) is 4. The molecule has 3 amide bonds. The van der Waals surface area contributed by atoms with Crippen LogP contribution < -0.4 is 16.0 Å². The Balaban J connectivity index is 1.83. The Labute approximate surface area is 186 Å². The minimum Gasteiger partial charge on any atom is -0.381 e. The first-order valence-corrected chi connectivity index (χ1v) is 10.5. The molecule has 0 saturated carbocycles. The molecule has 31 heavy (non-hydrogen) atoms. The predicted molar refractivity (Wildman–Crippen MR) is 121 cm³/mol. The third kappa shape index (κ3) is 6.06. The Morgan fingerprint density at radius 1 is 0.968 bits per heavy atom. The molecule has 3 rings (SSSR count). The Kier molecular flexibility index (Phi) is 7.30. The van der Waals surface area contributed by atoms with Crippen molar-refractivity contribution in [2.24, 2.45) is 0 Å². The van der Waals surface area contributed by atoms with Crippen molar-refractivity contribution in [3.8, 4) is 0 Å². The molecule has 7 nitrogen and oxygen atoms in total. The Hall–Kier alpha value is -2.90. The van der Waals surface area contributed by atoms with Gasteiger partial charge in [0.15, 0.2) is 0 Å². The molecule has 1 aliphatic rings. The molecule has 8 heteroatoms. The van der Waals surface area contributed by atoms with Crippen LogP contribution in [-0.2, 0) is 19.7 Å². The first-order chi connectivity index (χ1) is 14.8. The molecule has 2 aromatic rings. The van der Waals surface area contributed by atoms with Crippen molar-refractivity contribution in [3.63, 3.8) is 0 Å². The number of ether oxygens (including phenoxy) is 1. The normalized spacial score (nSPS) is 15.1. The van der Waals surface area contributed by atoms with E-state index in [-0.39, 0.29) is 23.1 Å². The highest BCUT2D eigenvalue weighted by molar-refractivity contribution is 6.30. The fraction of sp³-hybridized carbons (Fsp3) is 0.348. The molecular weight excluding hydrogens is 418 g/mol. The van der Waals surface area contributed by atoms with Crippen molar-refractivity contribution in [2.75, 3.05) is 30.4 Å². The predicted octanol–water partition coefficient (Wildman–Crippen LogP) is 3.74. The SMILES string of the molecule is CC(=O)Nc1cc(NC(C)=O)cc(C(=O)NCC2(c3cccc(Cl)c3)CCOCC2)c1. The zero-order valence-electron chi connectivity index (χ0n) is 17.6. The van der Waals surface area contributed by atoms with Crippen LogP contribution >= 0.6 is 11.6 Å². The lowest BCUT2D eigenvalue weighted by atomic mass is 9.74. The molecule has 0 aliphatic carbocycles. The van der Waals surface area contributed by atoms with Gasteiger partial charge < -0.3 is 20.7 Å². The molecule has 0 atom stereocenters. The van der Waals surface area contributed by atoms with Gasteiger partial charge in [-0.25, -0.2) is 0 Å². The number of hydrogen-bond donors (Lipinski definition) is 3. The van der Waals surface area contributed by atoms with Gasteiger partial charge in [0.1, 0.15) is 0 Å². The van der Waals surface area contributed by atoms with E-state index in [1.807, 2.05) is 24.3 Å². The smallest absolute Gasteiger partial charge is 0.251 e. The van der Waals surface area contributed by atoms with E-state index in [0.717, 1.165) is 18.4 Å². The number of nitrogens with one attached hydrogen (secondary N) is 3. The van der Waals surface area contributed by atoms with Crippen molar-refractivity contribution >= 4 is 40.7 Å². The topological polar surface area (TPSA) is 96.5 Å². The molecule has 0 spiro atoms. The molecular formula is C23H26ClN3O4. The van der Waals surface area contributed by atoms with Gasteiger partial charge in [-0.3, -0.25) is 14.4 Å². The van der Waals surface area contributed by atoms with Crippen molar-refractivity contribution in [2.45, 2.75) is 32.1 Å². The van der Waals surface area contributed by atoms with Crippen LogP contribution in [0.25, 0.3) is 0 Å². The Morgan fingerprint density at radius 3 is 2.13 bits per heavy atom. The number of amides is 3. The summed E-state index contributed by atoms with van der Waals surface area (Å²) in [7, 11) is 0. The number of carbonyl (C=O) groups is 3. The minimum absolute atomic E-state index is 0.270. The van der Waals surface area contributed by atoms with E-state index in [1.54, 1.807) is 18.2 Å². The van der Waals surface area contributed by atoms with Gasteiger partial charge in [0.05, 0.1) is 0 Å². The van der Waals surface area contributed by atoms with Crippen LogP contribution in [0.3, 0.4) is 0 Å². The molecule has 0 aromatic heterocycles. The van der Waals surface area contributed by atoms with E-state index in [4.69, 9.17) is 16.3 Å². The summed E-state index contributed by atoms with van der Waals surface area (Å²) < 4.78 is 5.55. The zero-order valence-corrected chi connectivity index (χ0v) is 18.3. The standard InChI is InChI=1S/C23H26ClN3O4/c1-15(28)26-20-10-17(11-21(13-20)27-16(2)29)22(30)25-14-23(6-8-31-9-7-23)18-4-3-5-19(24)12-18/h3-5,10-13H,6-9,14H2,1-2H3,(H,25,30)(H,26,28)(H,27,29). The number of anilines is 2. The van der Waals surface area contributed by atoms with Crippen molar-refractivity contribution < 1.29 is 19.1 Å². The Bertz CT molecular complexity index is 952. The number of carbonyl (C=O) groups excluding carboxylic acids is 3. The van der Waals surface area contributed by atoms with Crippen molar-refractivity contribution in [3.05, 3.63) is 58.6 Å². The Morgan fingerprint density at radius 2 is 1.58 bits per heavy atom. The quantitative estimate of drug-likeness (QED) is 0.633.